The fourth-order valence-corrected chi connectivity index (χ4v) is 2.77. The third-order valence-corrected chi connectivity index (χ3v) is 4.52. The van der Waals surface area contributed by atoms with Crippen LogP contribution in [0, 0.1) is 18.3 Å². The summed E-state index contributed by atoms with van der Waals surface area (Å²) in [5, 5.41) is 13.3. The second-order valence-corrected chi connectivity index (χ2v) is 6.79. The number of hydrogen-bond acceptors (Lipinski definition) is 6. The molecule has 1 amide bonds. The first-order valence-electron chi connectivity index (χ1n) is 9.61. The van der Waals surface area contributed by atoms with Crippen LogP contribution >= 0.6 is 0 Å². The number of aromatic nitrogens is 1. The summed E-state index contributed by atoms with van der Waals surface area (Å²) in [5.74, 6) is 0.185. The molecule has 0 spiro atoms. The third-order valence-electron chi connectivity index (χ3n) is 4.52. The van der Waals surface area contributed by atoms with Crippen molar-refractivity contribution in [1.29, 1.82) is 5.26 Å². The Labute approximate surface area is 175 Å². The van der Waals surface area contributed by atoms with Gasteiger partial charge in [-0.25, -0.2) is 5.43 Å². The molecular formula is C22H26N4O4. The minimum absolute atomic E-state index is 0.0325. The lowest BCUT2D eigenvalue weighted by atomic mass is 10.1. The number of carbonyl (C=O) groups excluding carboxylic acids is 1. The van der Waals surface area contributed by atoms with Gasteiger partial charge in [0.05, 0.1) is 18.9 Å². The number of para-hydroxylation sites is 1. The van der Waals surface area contributed by atoms with Gasteiger partial charge in [0.2, 0.25) is 0 Å². The fraction of sp³-hybridized carbons (Fsp3) is 0.364. The van der Waals surface area contributed by atoms with Crippen LogP contribution in [0.25, 0.3) is 0 Å². The van der Waals surface area contributed by atoms with Crippen LogP contribution < -0.4 is 15.7 Å². The van der Waals surface area contributed by atoms with Crippen molar-refractivity contribution in [1.82, 2.24) is 9.99 Å². The monoisotopic (exact) mass is 410 g/mol. The molecule has 158 valence electrons. The van der Waals surface area contributed by atoms with E-state index in [0.717, 1.165) is 12.0 Å². The molecule has 1 aromatic carbocycles. The Bertz CT molecular complexity index is 1020. The first kappa shape index (κ1) is 22.8. The van der Waals surface area contributed by atoms with Gasteiger partial charge in [-0.3, -0.25) is 9.59 Å². The molecule has 1 N–H and O–H groups in total. The van der Waals surface area contributed by atoms with Crippen molar-refractivity contribution in [2.24, 2.45) is 5.10 Å². The fourth-order valence-electron chi connectivity index (χ4n) is 2.77. The van der Waals surface area contributed by atoms with Gasteiger partial charge in [-0.1, -0.05) is 19.1 Å². The maximum Gasteiger partial charge on any atom is 0.269 e. The number of aryl methyl sites for hydroxylation is 1. The van der Waals surface area contributed by atoms with Crippen molar-refractivity contribution in [2.75, 3.05) is 7.11 Å². The topological polar surface area (TPSA) is 106 Å². The molecule has 0 aliphatic carbocycles. The number of pyridine rings is 1. The van der Waals surface area contributed by atoms with Gasteiger partial charge >= 0.3 is 0 Å². The summed E-state index contributed by atoms with van der Waals surface area (Å²) in [6.45, 7) is 5.60. The van der Waals surface area contributed by atoms with E-state index in [4.69, 9.17) is 9.47 Å². The highest BCUT2D eigenvalue weighted by atomic mass is 16.5. The lowest BCUT2D eigenvalue weighted by Gasteiger charge is -2.14. The lowest BCUT2D eigenvalue weighted by Crippen LogP contribution is -2.33. The molecule has 1 atom stereocenters. The van der Waals surface area contributed by atoms with Crippen LogP contribution in [0.15, 0.2) is 40.2 Å². The van der Waals surface area contributed by atoms with Crippen LogP contribution in [0.5, 0.6) is 5.75 Å². The molecule has 0 bridgehead atoms. The van der Waals surface area contributed by atoms with Crippen molar-refractivity contribution in [3.63, 3.8) is 0 Å². The van der Waals surface area contributed by atoms with Crippen LogP contribution in [0.4, 0.5) is 0 Å². The van der Waals surface area contributed by atoms with E-state index >= 15 is 0 Å². The van der Waals surface area contributed by atoms with Crippen LogP contribution in [-0.2, 0) is 22.7 Å². The van der Waals surface area contributed by atoms with Gasteiger partial charge in [-0.05, 0) is 38.5 Å². The molecule has 1 aromatic heterocycles. The average molecular weight is 410 g/mol. The van der Waals surface area contributed by atoms with Crippen molar-refractivity contribution < 1.29 is 14.3 Å². The number of nitriles is 1. The Morgan fingerprint density at radius 2 is 2.13 bits per heavy atom. The number of benzene rings is 1. The SMILES string of the molecule is CC[C@@H](C)Oc1ccccc1/C=N\NC(=O)Cn1c(C)cc(COC)c(C#N)c1=O. The molecule has 8 heteroatoms. The maximum atomic E-state index is 12.6. The minimum Gasteiger partial charge on any atom is -0.490 e. The largest absolute Gasteiger partial charge is 0.490 e. The molecule has 2 rings (SSSR count). The molecule has 0 saturated carbocycles. The zero-order valence-corrected chi connectivity index (χ0v) is 17.6. The van der Waals surface area contributed by atoms with E-state index in [-0.39, 0.29) is 24.8 Å². The van der Waals surface area contributed by atoms with Crippen LogP contribution in [0.1, 0.15) is 42.7 Å². The zero-order valence-electron chi connectivity index (χ0n) is 17.6. The van der Waals surface area contributed by atoms with Crippen molar-refractivity contribution in [3.8, 4) is 11.8 Å². The Morgan fingerprint density at radius 3 is 2.80 bits per heavy atom. The van der Waals surface area contributed by atoms with Gasteiger partial charge < -0.3 is 14.0 Å². The number of amides is 1. The molecule has 0 saturated heterocycles. The Morgan fingerprint density at radius 1 is 1.40 bits per heavy atom. The van der Waals surface area contributed by atoms with E-state index in [2.05, 4.69) is 10.5 Å². The van der Waals surface area contributed by atoms with Gasteiger partial charge in [-0.15, -0.1) is 0 Å². The summed E-state index contributed by atoms with van der Waals surface area (Å²) >= 11 is 0. The number of rotatable bonds is 9. The van der Waals surface area contributed by atoms with Crippen LogP contribution in [-0.4, -0.2) is 29.9 Å². The summed E-state index contributed by atoms with van der Waals surface area (Å²) in [4.78, 5) is 24.9. The van der Waals surface area contributed by atoms with Crippen molar-refractivity contribution in [3.05, 3.63) is 63.1 Å². The lowest BCUT2D eigenvalue weighted by molar-refractivity contribution is -0.121. The molecular weight excluding hydrogens is 384 g/mol. The van der Waals surface area contributed by atoms with Gasteiger partial charge in [-0.2, -0.15) is 10.4 Å². The predicted molar refractivity (Wildman–Crippen MR) is 113 cm³/mol. The molecule has 0 fully saturated rings. The predicted octanol–water partition coefficient (Wildman–Crippen LogP) is 2.50. The number of methoxy groups -OCH3 is 1. The number of hydrazone groups is 1. The Kier molecular flexibility index (Phi) is 8.32. The summed E-state index contributed by atoms with van der Waals surface area (Å²) in [6.07, 6.45) is 2.41. The van der Waals surface area contributed by atoms with E-state index in [1.54, 1.807) is 13.0 Å². The molecule has 1 heterocycles. The van der Waals surface area contributed by atoms with E-state index in [1.807, 2.05) is 44.2 Å². The maximum absolute atomic E-state index is 12.6. The van der Waals surface area contributed by atoms with E-state index in [1.165, 1.54) is 17.9 Å². The Balaban J connectivity index is 2.13. The summed E-state index contributed by atoms with van der Waals surface area (Å²) < 4.78 is 12.1. The van der Waals surface area contributed by atoms with Gasteiger partial charge in [0.25, 0.3) is 11.5 Å². The Hall–Kier alpha value is -3.44. The highest BCUT2D eigenvalue weighted by molar-refractivity contribution is 5.85. The van der Waals surface area contributed by atoms with Crippen molar-refractivity contribution in [2.45, 2.75) is 46.4 Å². The number of ether oxygens (including phenoxy) is 2. The summed E-state index contributed by atoms with van der Waals surface area (Å²) in [6, 6.07) is 10.9. The van der Waals surface area contributed by atoms with E-state index in [0.29, 0.717) is 17.0 Å². The number of carbonyl (C=O) groups is 1. The van der Waals surface area contributed by atoms with E-state index < -0.39 is 11.5 Å². The smallest absolute Gasteiger partial charge is 0.269 e. The molecule has 0 aliphatic rings. The second-order valence-electron chi connectivity index (χ2n) is 6.79. The quantitative estimate of drug-likeness (QED) is 0.505. The number of nitrogens with zero attached hydrogens (tertiary/aromatic N) is 3. The second kappa shape index (κ2) is 10.9. The van der Waals surface area contributed by atoms with Crippen molar-refractivity contribution >= 4 is 12.1 Å². The van der Waals surface area contributed by atoms with Gasteiger partial charge in [0.1, 0.15) is 23.9 Å². The first-order chi connectivity index (χ1) is 14.4. The molecule has 0 radical (unpaired) electrons. The third kappa shape index (κ3) is 5.78. The zero-order chi connectivity index (χ0) is 22.1. The molecule has 30 heavy (non-hydrogen) atoms. The van der Waals surface area contributed by atoms with Gasteiger partial charge in [0, 0.05) is 23.9 Å². The normalized spacial score (nSPS) is 11.8. The van der Waals surface area contributed by atoms with E-state index in [9.17, 15) is 14.9 Å². The average Bonchev–Trinajstić information content (AvgIpc) is 2.72. The first-order valence-corrected chi connectivity index (χ1v) is 9.61. The summed E-state index contributed by atoms with van der Waals surface area (Å²) in [7, 11) is 1.49. The standard InChI is InChI=1S/C22H26N4O4/c1-5-16(3)30-20-9-7-6-8-17(20)12-24-25-21(27)13-26-15(2)10-18(14-29-4)19(11-23)22(26)28/h6-10,12,16H,5,13-14H2,1-4H3,(H,25,27)/b24-12-/t16-/m1/s1. The summed E-state index contributed by atoms with van der Waals surface area (Å²) in [5.41, 5.74) is 3.62. The molecule has 8 nitrogen and oxygen atoms in total. The highest BCUT2D eigenvalue weighted by Crippen LogP contribution is 2.18. The molecule has 0 aliphatic heterocycles. The minimum atomic E-state index is -0.532. The van der Waals surface area contributed by atoms with Gasteiger partial charge in [0.15, 0.2) is 0 Å². The number of hydrogen-bond donors (Lipinski definition) is 1. The molecule has 2 aromatic rings. The molecule has 0 unspecified atom stereocenters. The highest BCUT2D eigenvalue weighted by Gasteiger charge is 2.15. The number of nitrogens with one attached hydrogen (secondary N) is 1. The van der Waals surface area contributed by atoms with Crippen LogP contribution in [0.2, 0.25) is 0 Å². The van der Waals surface area contributed by atoms with Crippen LogP contribution in [0.3, 0.4) is 0 Å².